The lowest BCUT2D eigenvalue weighted by Crippen LogP contribution is -2.27. The number of carbonyl (C=O) groups excluding carboxylic acids is 1. The van der Waals surface area contributed by atoms with E-state index in [-0.39, 0.29) is 5.97 Å². The highest BCUT2D eigenvalue weighted by molar-refractivity contribution is 6.36. The molecular weight excluding hydrogens is 336 g/mol. The molecule has 0 amide bonds. The fourth-order valence-corrected chi connectivity index (χ4v) is 3.29. The van der Waals surface area contributed by atoms with Crippen LogP contribution in [0.1, 0.15) is 92.4 Å². The Bertz CT molecular complexity index is 250. The lowest BCUT2D eigenvalue weighted by Gasteiger charge is -2.12. The van der Waals surface area contributed by atoms with Gasteiger partial charge in [-0.05, 0) is 34.1 Å². The minimum absolute atomic E-state index is 0.0384. The first-order valence-corrected chi connectivity index (χ1v) is 11.6. The average molecular weight is 379 g/mol. The fraction of sp³-hybridized carbons (Fsp3) is 0.947. The van der Waals surface area contributed by atoms with Gasteiger partial charge in [0.15, 0.2) is 0 Å². The van der Waals surface area contributed by atoms with Crippen LogP contribution in [0.4, 0.5) is 0 Å². The van der Waals surface area contributed by atoms with Crippen LogP contribution in [0.3, 0.4) is 0 Å². The van der Waals surface area contributed by atoms with Crippen molar-refractivity contribution in [3.05, 3.63) is 0 Å². The van der Waals surface area contributed by atoms with Crippen molar-refractivity contribution in [1.29, 1.82) is 0 Å². The van der Waals surface area contributed by atoms with E-state index in [2.05, 4.69) is 6.92 Å². The maximum Gasteiger partial charge on any atom is 0.484 e. The Kier molecular flexibility index (Phi) is 25.3. The van der Waals surface area contributed by atoms with Gasteiger partial charge in [0.2, 0.25) is 0 Å². The van der Waals surface area contributed by atoms with E-state index >= 15 is 0 Å². The number of hydrogen-bond acceptors (Lipinski definition) is 5. The van der Waals surface area contributed by atoms with Crippen LogP contribution in [0.2, 0.25) is 0 Å². The van der Waals surface area contributed by atoms with Gasteiger partial charge in [-0.2, -0.15) is 0 Å². The number of ether oxygens (including phenoxy) is 1. The van der Waals surface area contributed by atoms with E-state index in [0.717, 1.165) is 6.42 Å². The minimum Gasteiger partial charge on any atom is -0.466 e. The third kappa shape index (κ3) is 23.6. The summed E-state index contributed by atoms with van der Waals surface area (Å²) in [6.45, 7) is 12.5. The van der Waals surface area contributed by atoms with Crippen molar-refractivity contribution in [3.8, 4) is 0 Å². The van der Waals surface area contributed by atoms with E-state index in [1.165, 1.54) is 44.9 Å². The van der Waals surface area contributed by atoms with Gasteiger partial charge in [-0.15, -0.1) is 0 Å². The van der Waals surface area contributed by atoms with Crippen molar-refractivity contribution in [3.63, 3.8) is 0 Å². The van der Waals surface area contributed by atoms with Gasteiger partial charge in [-0.25, -0.2) is 0 Å². The number of carbonyl (C=O) groups is 1. The molecule has 0 radical (unpaired) electrons. The number of esters is 1. The molecule has 152 valence electrons. The highest BCUT2D eigenvalue weighted by Crippen LogP contribution is 2.09. The van der Waals surface area contributed by atoms with E-state index in [1.807, 2.05) is 27.7 Å². The smallest absolute Gasteiger partial charge is 0.466 e. The SMILES string of the molecule is CCCCCCCCCCC(=O)OCC.CCO[SiH](OCC)OCC. The van der Waals surface area contributed by atoms with Crippen LogP contribution >= 0.6 is 0 Å². The van der Waals surface area contributed by atoms with E-state index in [1.54, 1.807) is 0 Å². The molecule has 25 heavy (non-hydrogen) atoms. The first kappa shape index (κ1) is 26.8. The highest BCUT2D eigenvalue weighted by atomic mass is 28.3. The normalized spacial score (nSPS) is 10.5. The number of hydrogen-bond donors (Lipinski definition) is 0. The van der Waals surface area contributed by atoms with Crippen LogP contribution in [-0.2, 0) is 22.8 Å². The fourth-order valence-electron chi connectivity index (χ4n) is 2.19. The third-order valence-electron chi connectivity index (χ3n) is 3.45. The molecule has 0 unspecified atom stereocenters. The summed E-state index contributed by atoms with van der Waals surface area (Å²) in [5.41, 5.74) is 0. The van der Waals surface area contributed by atoms with Crippen LogP contribution in [0.5, 0.6) is 0 Å². The Hall–Kier alpha value is -0.433. The molecule has 0 bridgehead atoms. The van der Waals surface area contributed by atoms with Gasteiger partial charge in [-0.1, -0.05) is 51.9 Å². The van der Waals surface area contributed by atoms with E-state index in [9.17, 15) is 4.79 Å². The van der Waals surface area contributed by atoms with Crippen molar-refractivity contribution in [2.24, 2.45) is 0 Å². The minimum atomic E-state index is -1.73. The van der Waals surface area contributed by atoms with E-state index in [0.29, 0.717) is 32.8 Å². The Balaban J connectivity index is 0. The van der Waals surface area contributed by atoms with Crippen LogP contribution in [-0.4, -0.2) is 41.9 Å². The zero-order valence-electron chi connectivity index (χ0n) is 17.3. The molecule has 0 aliphatic carbocycles. The summed E-state index contributed by atoms with van der Waals surface area (Å²) in [5.74, 6) is -0.0384. The molecule has 0 heterocycles. The monoisotopic (exact) mass is 378 g/mol. The van der Waals surface area contributed by atoms with Gasteiger partial charge in [0, 0.05) is 26.2 Å². The summed E-state index contributed by atoms with van der Waals surface area (Å²) >= 11 is 0. The van der Waals surface area contributed by atoms with Crippen molar-refractivity contribution in [2.45, 2.75) is 92.4 Å². The predicted octanol–water partition coefficient (Wildman–Crippen LogP) is 4.89. The van der Waals surface area contributed by atoms with Crippen LogP contribution in [0, 0.1) is 0 Å². The van der Waals surface area contributed by atoms with Crippen molar-refractivity contribution in [2.75, 3.05) is 26.4 Å². The molecule has 0 rings (SSSR count). The maximum absolute atomic E-state index is 11.0. The molecule has 0 aliphatic rings. The summed E-state index contributed by atoms with van der Waals surface area (Å²) < 4.78 is 20.5. The molecular formula is C19H42O5Si. The summed E-state index contributed by atoms with van der Waals surface area (Å²) in [5, 5.41) is 0. The van der Waals surface area contributed by atoms with Crippen molar-refractivity contribution >= 4 is 15.5 Å². The Morgan fingerprint density at radius 2 is 1.08 bits per heavy atom. The largest absolute Gasteiger partial charge is 0.484 e. The second-order valence-corrected chi connectivity index (χ2v) is 7.26. The van der Waals surface area contributed by atoms with E-state index < -0.39 is 9.53 Å². The molecule has 0 N–H and O–H groups in total. The maximum atomic E-state index is 11.0. The Labute approximate surface area is 157 Å². The van der Waals surface area contributed by atoms with Gasteiger partial charge in [0.25, 0.3) is 0 Å². The van der Waals surface area contributed by atoms with Gasteiger partial charge < -0.3 is 18.0 Å². The molecule has 0 saturated carbocycles. The standard InChI is InChI=1S/C13H26O2.C6H16O3Si/c1-3-5-6-7-8-9-10-11-12-13(14)15-4-2;1-4-7-10(8-5-2)9-6-3/h3-12H2,1-2H3;10H,4-6H2,1-3H3. The van der Waals surface area contributed by atoms with Crippen LogP contribution in [0.15, 0.2) is 0 Å². The molecule has 0 spiro atoms. The summed E-state index contributed by atoms with van der Waals surface area (Å²) in [6.07, 6.45) is 10.7. The Morgan fingerprint density at radius 3 is 1.48 bits per heavy atom. The molecule has 0 fully saturated rings. The quantitative estimate of drug-likeness (QED) is 0.217. The van der Waals surface area contributed by atoms with Gasteiger partial charge >= 0.3 is 15.5 Å². The first-order chi connectivity index (χ1) is 12.2. The zero-order chi connectivity index (χ0) is 19.2. The van der Waals surface area contributed by atoms with E-state index in [4.69, 9.17) is 18.0 Å². The molecule has 0 saturated heterocycles. The molecule has 5 nitrogen and oxygen atoms in total. The molecule has 0 aliphatic heterocycles. The second kappa shape index (κ2) is 23.6. The summed E-state index contributed by atoms with van der Waals surface area (Å²) in [4.78, 5) is 11.0. The second-order valence-electron chi connectivity index (χ2n) is 5.68. The lowest BCUT2D eigenvalue weighted by atomic mass is 10.1. The van der Waals surface area contributed by atoms with Gasteiger partial charge in [0.1, 0.15) is 0 Å². The van der Waals surface area contributed by atoms with Crippen molar-refractivity contribution in [1.82, 2.24) is 0 Å². The van der Waals surface area contributed by atoms with Gasteiger partial charge in [0.05, 0.1) is 6.61 Å². The Morgan fingerprint density at radius 1 is 0.640 bits per heavy atom. The molecule has 0 atom stereocenters. The number of unbranched alkanes of at least 4 members (excludes halogenated alkanes) is 7. The summed E-state index contributed by atoms with van der Waals surface area (Å²) in [7, 11) is -1.73. The van der Waals surface area contributed by atoms with Crippen LogP contribution < -0.4 is 0 Å². The zero-order valence-corrected chi connectivity index (χ0v) is 18.5. The van der Waals surface area contributed by atoms with Crippen molar-refractivity contribution < 1.29 is 22.8 Å². The third-order valence-corrected chi connectivity index (χ3v) is 5.26. The lowest BCUT2D eigenvalue weighted by molar-refractivity contribution is -0.143. The van der Waals surface area contributed by atoms with Crippen LogP contribution in [0.25, 0.3) is 0 Å². The topological polar surface area (TPSA) is 54.0 Å². The predicted molar refractivity (Wildman–Crippen MR) is 106 cm³/mol. The first-order valence-electron chi connectivity index (χ1n) is 10.2. The molecule has 0 aromatic heterocycles. The average Bonchev–Trinajstić information content (AvgIpc) is 2.59. The highest BCUT2D eigenvalue weighted by Gasteiger charge is 2.11. The molecule has 0 aromatic rings. The molecule has 0 aromatic carbocycles. The van der Waals surface area contributed by atoms with Gasteiger partial charge in [-0.3, -0.25) is 4.79 Å². The molecule has 6 heteroatoms. The summed E-state index contributed by atoms with van der Waals surface area (Å²) in [6, 6.07) is 0. The number of rotatable bonds is 16.